The highest BCUT2D eigenvalue weighted by Crippen LogP contribution is 2.16. The fourth-order valence-electron chi connectivity index (χ4n) is 2.87. The van der Waals surface area contributed by atoms with Crippen LogP contribution in [-0.4, -0.2) is 73.2 Å². The predicted octanol–water partition coefficient (Wildman–Crippen LogP) is 1.43. The van der Waals surface area contributed by atoms with Crippen LogP contribution in [0.15, 0.2) is 29.4 Å². The van der Waals surface area contributed by atoms with Crippen LogP contribution in [0.1, 0.15) is 12.8 Å². The minimum Gasteiger partial charge on any atom is -0.472 e. The van der Waals surface area contributed by atoms with E-state index in [1.54, 1.807) is 6.20 Å². The number of aromatic nitrogens is 1. The largest absolute Gasteiger partial charge is 0.472 e. The summed E-state index contributed by atoms with van der Waals surface area (Å²) in [7, 11) is 1.85. The minimum atomic E-state index is 0. The molecule has 0 saturated carbocycles. The summed E-state index contributed by atoms with van der Waals surface area (Å²) in [5.41, 5.74) is 0. The molecule has 2 fully saturated rings. The van der Waals surface area contributed by atoms with Crippen LogP contribution in [0.3, 0.4) is 0 Å². The summed E-state index contributed by atoms with van der Waals surface area (Å²) < 4.78 is 5.93. The van der Waals surface area contributed by atoms with E-state index in [0.717, 1.165) is 38.6 Å². The van der Waals surface area contributed by atoms with Crippen molar-refractivity contribution in [1.82, 2.24) is 20.1 Å². The predicted molar refractivity (Wildman–Crippen MR) is 103 cm³/mol. The monoisotopic (exact) mass is 431 g/mol. The first-order chi connectivity index (χ1) is 10.8. The molecule has 2 aliphatic heterocycles. The topological polar surface area (TPSA) is 53.0 Å². The number of pyridine rings is 1. The van der Waals surface area contributed by atoms with Gasteiger partial charge in [-0.15, -0.1) is 24.0 Å². The molecule has 3 rings (SSSR count). The van der Waals surface area contributed by atoms with Crippen molar-refractivity contribution in [2.24, 2.45) is 4.99 Å². The normalized spacial score (nSPS) is 21.5. The first-order valence-corrected chi connectivity index (χ1v) is 8.11. The van der Waals surface area contributed by atoms with Crippen molar-refractivity contribution in [3.8, 4) is 5.88 Å². The molecule has 0 amide bonds. The molecule has 0 spiro atoms. The second-order valence-electron chi connectivity index (χ2n) is 5.81. The van der Waals surface area contributed by atoms with Gasteiger partial charge in [0.15, 0.2) is 5.96 Å². The van der Waals surface area contributed by atoms with Crippen LogP contribution >= 0.6 is 24.0 Å². The summed E-state index contributed by atoms with van der Waals surface area (Å²) in [5.74, 6) is 1.68. The zero-order chi connectivity index (χ0) is 15.2. The third-order valence-electron chi connectivity index (χ3n) is 4.24. The Kier molecular flexibility index (Phi) is 7.35. The van der Waals surface area contributed by atoms with Gasteiger partial charge < -0.3 is 19.9 Å². The summed E-state index contributed by atoms with van der Waals surface area (Å²) >= 11 is 0. The van der Waals surface area contributed by atoms with Gasteiger partial charge in [-0.1, -0.05) is 6.07 Å². The fourth-order valence-corrected chi connectivity index (χ4v) is 2.87. The van der Waals surface area contributed by atoms with E-state index in [4.69, 9.17) is 4.74 Å². The van der Waals surface area contributed by atoms with Gasteiger partial charge in [-0.3, -0.25) is 4.99 Å². The summed E-state index contributed by atoms with van der Waals surface area (Å²) in [4.78, 5) is 13.3. The lowest BCUT2D eigenvalue weighted by molar-refractivity contribution is 0.184. The second-order valence-corrected chi connectivity index (χ2v) is 5.81. The average molecular weight is 431 g/mol. The Morgan fingerprint density at radius 2 is 2.26 bits per heavy atom. The summed E-state index contributed by atoms with van der Waals surface area (Å²) in [6, 6.07) is 5.76. The first-order valence-electron chi connectivity index (χ1n) is 8.11. The molecule has 128 valence electrons. The highest BCUT2D eigenvalue weighted by molar-refractivity contribution is 14.0. The number of rotatable bonds is 5. The molecule has 6 nitrogen and oxygen atoms in total. The molecule has 0 radical (unpaired) electrons. The molecule has 0 aromatic carbocycles. The van der Waals surface area contributed by atoms with Crippen molar-refractivity contribution in [1.29, 1.82) is 0 Å². The lowest BCUT2D eigenvalue weighted by atomic mass is 10.2. The number of hydrogen-bond acceptors (Lipinski definition) is 4. The van der Waals surface area contributed by atoms with Crippen molar-refractivity contribution in [2.45, 2.75) is 18.9 Å². The smallest absolute Gasteiger partial charge is 0.213 e. The Morgan fingerprint density at radius 3 is 2.91 bits per heavy atom. The first kappa shape index (κ1) is 18.3. The second kappa shape index (κ2) is 9.27. The molecule has 3 heterocycles. The number of likely N-dealkylation sites (tertiary alicyclic amines) is 2. The van der Waals surface area contributed by atoms with Crippen molar-refractivity contribution >= 4 is 29.9 Å². The molecule has 1 atom stereocenters. The molecule has 1 aromatic rings. The van der Waals surface area contributed by atoms with E-state index in [2.05, 4.69) is 25.1 Å². The molecule has 2 aliphatic rings. The van der Waals surface area contributed by atoms with Gasteiger partial charge in [0.1, 0.15) is 6.10 Å². The molecule has 0 bridgehead atoms. The number of hydrogen-bond donors (Lipinski definition) is 1. The van der Waals surface area contributed by atoms with E-state index in [0.29, 0.717) is 5.88 Å². The van der Waals surface area contributed by atoms with E-state index in [1.165, 1.54) is 19.5 Å². The molecule has 1 unspecified atom stereocenters. The average Bonchev–Trinajstić information content (AvgIpc) is 2.95. The van der Waals surface area contributed by atoms with Gasteiger partial charge in [0.05, 0.1) is 6.54 Å². The number of halogens is 1. The molecule has 1 aromatic heterocycles. The lowest BCUT2D eigenvalue weighted by Crippen LogP contribution is -2.46. The number of ether oxygens (including phenoxy) is 1. The maximum atomic E-state index is 5.93. The number of aliphatic imine (C=N–C) groups is 1. The summed E-state index contributed by atoms with van der Waals surface area (Å²) in [6.07, 6.45) is 4.29. The van der Waals surface area contributed by atoms with Crippen LogP contribution in [0, 0.1) is 0 Å². The Labute approximate surface area is 155 Å². The van der Waals surface area contributed by atoms with Gasteiger partial charge in [0, 0.05) is 45.4 Å². The highest BCUT2D eigenvalue weighted by Gasteiger charge is 2.26. The SMILES string of the molecule is CN=C(NCCN1CCC1)N1CCC(Oc2ccccn2)C1.I. The Balaban J connectivity index is 0.00000192. The maximum Gasteiger partial charge on any atom is 0.213 e. The molecule has 7 heteroatoms. The standard InChI is InChI=1S/C16H25N5O.HI/c1-17-16(19-8-12-20-9-4-10-20)21-11-6-14(13-21)22-15-5-2-3-7-18-15;/h2-3,5,7,14H,4,6,8-13H2,1H3,(H,17,19);1H. The van der Waals surface area contributed by atoms with E-state index < -0.39 is 0 Å². The van der Waals surface area contributed by atoms with Crippen LogP contribution in [0.2, 0.25) is 0 Å². The fraction of sp³-hybridized carbons (Fsp3) is 0.625. The summed E-state index contributed by atoms with van der Waals surface area (Å²) in [6.45, 7) is 6.37. The van der Waals surface area contributed by atoms with Crippen molar-refractivity contribution in [3.05, 3.63) is 24.4 Å². The Morgan fingerprint density at radius 1 is 1.39 bits per heavy atom. The molecular formula is C16H26IN5O. The number of nitrogens with one attached hydrogen (secondary N) is 1. The van der Waals surface area contributed by atoms with Crippen LogP contribution < -0.4 is 10.1 Å². The van der Waals surface area contributed by atoms with Crippen LogP contribution in [0.25, 0.3) is 0 Å². The van der Waals surface area contributed by atoms with Gasteiger partial charge in [0.2, 0.25) is 5.88 Å². The van der Waals surface area contributed by atoms with Gasteiger partial charge in [-0.2, -0.15) is 0 Å². The number of nitrogens with zero attached hydrogens (tertiary/aromatic N) is 4. The van der Waals surface area contributed by atoms with Crippen molar-refractivity contribution in [2.75, 3.05) is 46.3 Å². The third kappa shape index (κ3) is 5.20. The van der Waals surface area contributed by atoms with Crippen LogP contribution in [-0.2, 0) is 0 Å². The number of guanidine groups is 1. The van der Waals surface area contributed by atoms with E-state index in [-0.39, 0.29) is 30.1 Å². The molecule has 1 N–H and O–H groups in total. The van der Waals surface area contributed by atoms with Crippen molar-refractivity contribution < 1.29 is 4.74 Å². The lowest BCUT2D eigenvalue weighted by Gasteiger charge is -2.31. The van der Waals surface area contributed by atoms with Gasteiger partial charge in [-0.05, 0) is 25.6 Å². The summed E-state index contributed by atoms with van der Waals surface area (Å²) in [5, 5.41) is 3.46. The van der Waals surface area contributed by atoms with Crippen molar-refractivity contribution in [3.63, 3.8) is 0 Å². The van der Waals surface area contributed by atoms with Crippen LogP contribution in [0.5, 0.6) is 5.88 Å². The minimum absolute atomic E-state index is 0. The van der Waals surface area contributed by atoms with Crippen LogP contribution in [0.4, 0.5) is 0 Å². The quantitative estimate of drug-likeness (QED) is 0.435. The zero-order valence-electron chi connectivity index (χ0n) is 13.6. The van der Waals surface area contributed by atoms with E-state index in [9.17, 15) is 0 Å². The maximum absolute atomic E-state index is 5.93. The van der Waals surface area contributed by atoms with Gasteiger partial charge in [0.25, 0.3) is 0 Å². The molecular weight excluding hydrogens is 405 g/mol. The Bertz CT molecular complexity index is 495. The molecule has 0 aliphatic carbocycles. The highest BCUT2D eigenvalue weighted by atomic mass is 127. The van der Waals surface area contributed by atoms with Gasteiger partial charge >= 0.3 is 0 Å². The zero-order valence-corrected chi connectivity index (χ0v) is 16.0. The van der Waals surface area contributed by atoms with Gasteiger partial charge in [-0.25, -0.2) is 4.98 Å². The third-order valence-corrected chi connectivity index (χ3v) is 4.24. The van der Waals surface area contributed by atoms with E-state index >= 15 is 0 Å². The molecule has 23 heavy (non-hydrogen) atoms. The Hall–Kier alpha value is -1.09. The molecule has 2 saturated heterocycles. The van der Waals surface area contributed by atoms with E-state index in [1.807, 2.05) is 25.2 Å².